The number of sulfonamides is 1. The molecule has 2 aliphatic rings. The Morgan fingerprint density at radius 2 is 1.85 bits per heavy atom. The number of benzene rings is 1. The second-order valence-electron chi connectivity index (χ2n) is 7.72. The number of likely N-dealkylation sites (tertiary alicyclic amines) is 1. The van der Waals surface area contributed by atoms with Crippen molar-refractivity contribution in [2.24, 2.45) is 11.1 Å². The van der Waals surface area contributed by atoms with Gasteiger partial charge >= 0.3 is 0 Å². The number of piperidine rings is 1. The summed E-state index contributed by atoms with van der Waals surface area (Å²) in [4.78, 5) is 2.74. The number of hydrogen-bond acceptors (Lipinski definition) is 5. The van der Waals surface area contributed by atoms with Crippen molar-refractivity contribution in [1.29, 1.82) is 0 Å². The Morgan fingerprint density at radius 3 is 2.50 bits per heavy atom. The molecule has 2 N–H and O–H groups in total. The number of nitrogens with zero attached hydrogens (tertiary/aromatic N) is 2. The summed E-state index contributed by atoms with van der Waals surface area (Å²) in [6, 6.07) is 7.55. The molecule has 1 aromatic rings. The van der Waals surface area contributed by atoms with Gasteiger partial charge in [0.05, 0.1) is 18.1 Å². The third-order valence-electron chi connectivity index (χ3n) is 5.35. The van der Waals surface area contributed by atoms with Gasteiger partial charge < -0.3 is 10.5 Å². The molecule has 1 atom stereocenters. The number of halogens is 1. The van der Waals surface area contributed by atoms with Gasteiger partial charge in [-0.3, -0.25) is 4.90 Å². The van der Waals surface area contributed by atoms with Crippen LogP contribution in [0, 0.1) is 5.41 Å². The number of hydrogen-bond donors (Lipinski definition) is 1. The monoisotopic (exact) mass is 403 g/mol. The average Bonchev–Trinajstić information content (AvgIpc) is 2.59. The normalized spacial score (nSPS) is 24.8. The largest absolute Gasteiger partial charge is 0.379 e. The van der Waals surface area contributed by atoms with Crippen LogP contribution in [0.4, 0.5) is 0 Å². The lowest BCUT2D eigenvalue weighted by Gasteiger charge is -2.42. The molecule has 3 rings (SSSR count). The third kappa shape index (κ3) is 4.58. The lowest BCUT2D eigenvalue weighted by atomic mass is 9.79. The Labute approximate surface area is 163 Å². The highest BCUT2D eigenvalue weighted by atomic mass is 35.5. The summed E-state index contributed by atoms with van der Waals surface area (Å²) in [6.45, 7) is 8.52. The van der Waals surface area contributed by atoms with E-state index in [-0.39, 0.29) is 23.9 Å². The Morgan fingerprint density at radius 1 is 1.19 bits per heavy atom. The van der Waals surface area contributed by atoms with Crippen LogP contribution in [0.15, 0.2) is 29.2 Å². The van der Waals surface area contributed by atoms with E-state index in [0.717, 1.165) is 25.1 Å². The molecular weight excluding hydrogens is 374 g/mol. The lowest BCUT2D eigenvalue weighted by Crippen LogP contribution is -2.52. The SMILES string of the molecule is CC1(C)CN(Cc2ccccc2S(=O)(=O)N2CCOCC2)CCC1N.Cl. The minimum absolute atomic E-state index is 0. The summed E-state index contributed by atoms with van der Waals surface area (Å²) in [5, 5.41) is 0. The summed E-state index contributed by atoms with van der Waals surface area (Å²) in [6.07, 6.45) is 0.936. The molecule has 2 fully saturated rings. The second kappa shape index (κ2) is 8.54. The van der Waals surface area contributed by atoms with Gasteiger partial charge in [0.15, 0.2) is 0 Å². The zero-order valence-corrected chi connectivity index (χ0v) is 17.2. The van der Waals surface area contributed by atoms with Crippen molar-refractivity contribution in [3.8, 4) is 0 Å². The van der Waals surface area contributed by atoms with Crippen LogP contribution in [0.5, 0.6) is 0 Å². The smallest absolute Gasteiger partial charge is 0.243 e. The average molecular weight is 404 g/mol. The van der Waals surface area contributed by atoms with Gasteiger partial charge in [-0.1, -0.05) is 32.0 Å². The molecule has 0 aliphatic carbocycles. The third-order valence-corrected chi connectivity index (χ3v) is 7.34. The zero-order chi connectivity index (χ0) is 18.1. The minimum Gasteiger partial charge on any atom is -0.379 e. The van der Waals surface area contributed by atoms with Crippen molar-refractivity contribution >= 4 is 22.4 Å². The Hall–Kier alpha value is -0.700. The first-order valence-corrected chi connectivity index (χ1v) is 10.4. The van der Waals surface area contributed by atoms with Crippen LogP contribution in [-0.4, -0.2) is 63.1 Å². The first kappa shape index (κ1) is 21.6. The molecule has 0 spiro atoms. The van der Waals surface area contributed by atoms with E-state index in [1.807, 2.05) is 12.1 Å². The Bertz CT molecular complexity index is 705. The van der Waals surface area contributed by atoms with Crippen molar-refractivity contribution in [2.75, 3.05) is 39.4 Å². The molecule has 0 aromatic heterocycles. The van der Waals surface area contributed by atoms with E-state index in [1.165, 1.54) is 4.31 Å². The van der Waals surface area contributed by atoms with Gasteiger partial charge in [-0.25, -0.2) is 8.42 Å². The molecule has 2 heterocycles. The molecule has 0 saturated carbocycles. The highest BCUT2D eigenvalue weighted by Crippen LogP contribution is 2.30. The predicted octanol–water partition coefficient (Wildman–Crippen LogP) is 1.69. The topological polar surface area (TPSA) is 75.9 Å². The van der Waals surface area contributed by atoms with Gasteiger partial charge in [-0.2, -0.15) is 4.31 Å². The van der Waals surface area contributed by atoms with Crippen molar-refractivity contribution in [1.82, 2.24) is 9.21 Å². The van der Waals surface area contributed by atoms with E-state index >= 15 is 0 Å². The van der Waals surface area contributed by atoms with Crippen molar-refractivity contribution < 1.29 is 13.2 Å². The van der Waals surface area contributed by atoms with Gasteiger partial charge in [0, 0.05) is 38.8 Å². The van der Waals surface area contributed by atoms with Crippen LogP contribution < -0.4 is 5.73 Å². The molecule has 1 aromatic carbocycles. The maximum atomic E-state index is 13.1. The van der Waals surface area contributed by atoms with E-state index in [4.69, 9.17) is 10.5 Å². The first-order valence-electron chi connectivity index (χ1n) is 8.94. The molecule has 1 unspecified atom stereocenters. The maximum Gasteiger partial charge on any atom is 0.243 e. The molecule has 0 radical (unpaired) electrons. The van der Waals surface area contributed by atoms with E-state index in [0.29, 0.717) is 37.7 Å². The van der Waals surface area contributed by atoms with E-state index in [9.17, 15) is 8.42 Å². The number of ether oxygens (including phenoxy) is 1. The summed E-state index contributed by atoms with van der Waals surface area (Å²) < 4.78 is 32.9. The molecule has 0 bridgehead atoms. The number of rotatable bonds is 4. The predicted molar refractivity (Wildman–Crippen MR) is 105 cm³/mol. The molecule has 2 saturated heterocycles. The molecular formula is C18H30ClN3O3S. The fraction of sp³-hybridized carbons (Fsp3) is 0.667. The van der Waals surface area contributed by atoms with Crippen LogP contribution in [0.25, 0.3) is 0 Å². The molecule has 26 heavy (non-hydrogen) atoms. The van der Waals surface area contributed by atoms with Gasteiger partial charge in [0.2, 0.25) is 10.0 Å². The summed E-state index contributed by atoms with van der Waals surface area (Å²) in [5.74, 6) is 0. The summed E-state index contributed by atoms with van der Waals surface area (Å²) >= 11 is 0. The first-order chi connectivity index (χ1) is 11.8. The summed E-state index contributed by atoms with van der Waals surface area (Å²) in [5.41, 5.74) is 7.12. The van der Waals surface area contributed by atoms with Gasteiger partial charge in [0.25, 0.3) is 0 Å². The standard InChI is InChI=1S/C18H29N3O3S.ClH/c1-18(2)14-20(8-7-17(18)19)13-15-5-3-4-6-16(15)25(22,23)21-9-11-24-12-10-21;/h3-6,17H,7-14,19H2,1-2H3;1H. The summed E-state index contributed by atoms with van der Waals surface area (Å²) in [7, 11) is -3.48. The van der Waals surface area contributed by atoms with Crippen molar-refractivity contribution in [3.63, 3.8) is 0 Å². The Kier molecular flexibility index (Phi) is 7.10. The fourth-order valence-corrected chi connectivity index (χ4v) is 5.30. The molecule has 0 amide bonds. The molecule has 2 aliphatic heterocycles. The second-order valence-corrected chi connectivity index (χ2v) is 9.62. The van der Waals surface area contributed by atoms with Crippen molar-refractivity contribution in [3.05, 3.63) is 29.8 Å². The maximum absolute atomic E-state index is 13.1. The molecule has 148 valence electrons. The van der Waals surface area contributed by atoms with E-state index in [1.54, 1.807) is 12.1 Å². The highest BCUT2D eigenvalue weighted by molar-refractivity contribution is 7.89. The van der Waals surface area contributed by atoms with Crippen LogP contribution in [0.1, 0.15) is 25.8 Å². The highest BCUT2D eigenvalue weighted by Gasteiger charge is 2.34. The van der Waals surface area contributed by atoms with E-state index in [2.05, 4.69) is 18.7 Å². The van der Waals surface area contributed by atoms with E-state index < -0.39 is 10.0 Å². The van der Waals surface area contributed by atoms with Gasteiger partial charge in [-0.05, 0) is 23.5 Å². The lowest BCUT2D eigenvalue weighted by molar-refractivity contribution is 0.0728. The van der Waals surface area contributed by atoms with Crippen LogP contribution in [-0.2, 0) is 21.3 Å². The van der Waals surface area contributed by atoms with Crippen LogP contribution >= 0.6 is 12.4 Å². The number of nitrogens with two attached hydrogens (primary N) is 1. The fourth-order valence-electron chi connectivity index (χ4n) is 3.67. The zero-order valence-electron chi connectivity index (χ0n) is 15.6. The van der Waals surface area contributed by atoms with Gasteiger partial charge in [-0.15, -0.1) is 12.4 Å². The molecule has 8 heteroatoms. The minimum atomic E-state index is -3.48. The van der Waals surface area contributed by atoms with Crippen LogP contribution in [0.3, 0.4) is 0 Å². The van der Waals surface area contributed by atoms with Crippen molar-refractivity contribution in [2.45, 2.75) is 37.8 Å². The van der Waals surface area contributed by atoms with Gasteiger partial charge in [0.1, 0.15) is 0 Å². The Balaban J connectivity index is 0.00000243. The molecule has 6 nitrogen and oxygen atoms in total. The van der Waals surface area contributed by atoms with Crippen LogP contribution in [0.2, 0.25) is 0 Å². The number of morpholine rings is 1. The quantitative estimate of drug-likeness (QED) is 0.827.